The highest BCUT2D eigenvalue weighted by Crippen LogP contribution is 2.29. The number of ether oxygens (including phenoxy) is 1. The summed E-state index contributed by atoms with van der Waals surface area (Å²) in [5.41, 5.74) is 1.88. The first kappa shape index (κ1) is 14.9. The SMILES string of the molecule is Cc1nc(C)c(C2CCN(C(=O)OC(C)(C)C)CC2)[nH]1. The van der Waals surface area contributed by atoms with Crippen molar-refractivity contribution >= 4 is 6.09 Å². The van der Waals surface area contributed by atoms with Gasteiger partial charge in [-0.05, 0) is 47.5 Å². The third-order valence-electron chi connectivity index (χ3n) is 3.60. The Morgan fingerprint density at radius 3 is 2.35 bits per heavy atom. The van der Waals surface area contributed by atoms with Crippen LogP contribution in [0.5, 0.6) is 0 Å². The van der Waals surface area contributed by atoms with Crippen molar-refractivity contribution in [1.29, 1.82) is 0 Å². The molecule has 0 spiro atoms. The van der Waals surface area contributed by atoms with Gasteiger partial charge in [0.2, 0.25) is 0 Å². The van der Waals surface area contributed by atoms with Crippen LogP contribution in [0.4, 0.5) is 4.79 Å². The topological polar surface area (TPSA) is 58.2 Å². The fourth-order valence-electron chi connectivity index (χ4n) is 2.70. The molecule has 1 saturated heterocycles. The molecule has 0 radical (unpaired) electrons. The number of hydrogen-bond donors (Lipinski definition) is 1. The maximum atomic E-state index is 12.0. The minimum absolute atomic E-state index is 0.200. The van der Waals surface area contributed by atoms with Crippen molar-refractivity contribution in [2.24, 2.45) is 0 Å². The van der Waals surface area contributed by atoms with E-state index in [9.17, 15) is 4.79 Å². The predicted molar refractivity (Wildman–Crippen MR) is 77.8 cm³/mol. The molecule has 5 nitrogen and oxygen atoms in total. The molecule has 2 heterocycles. The van der Waals surface area contributed by atoms with Gasteiger partial charge >= 0.3 is 6.09 Å². The smallest absolute Gasteiger partial charge is 0.410 e. The van der Waals surface area contributed by atoms with Gasteiger partial charge in [-0.25, -0.2) is 9.78 Å². The van der Waals surface area contributed by atoms with Gasteiger partial charge < -0.3 is 14.6 Å². The zero-order valence-corrected chi connectivity index (χ0v) is 13.1. The van der Waals surface area contributed by atoms with Crippen LogP contribution in [0.3, 0.4) is 0 Å². The Balaban J connectivity index is 1.92. The van der Waals surface area contributed by atoms with Crippen molar-refractivity contribution in [3.8, 4) is 0 Å². The monoisotopic (exact) mass is 279 g/mol. The maximum Gasteiger partial charge on any atom is 0.410 e. The van der Waals surface area contributed by atoms with Gasteiger partial charge in [-0.1, -0.05) is 0 Å². The number of carbonyl (C=O) groups excluding carboxylic acids is 1. The van der Waals surface area contributed by atoms with E-state index in [-0.39, 0.29) is 6.09 Å². The lowest BCUT2D eigenvalue weighted by molar-refractivity contribution is 0.0204. The molecule has 1 aromatic rings. The summed E-state index contributed by atoms with van der Waals surface area (Å²) in [7, 11) is 0. The van der Waals surface area contributed by atoms with Gasteiger partial charge in [0.15, 0.2) is 0 Å². The molecule has 2 rings (SSSR count). The van der Waals surface area contributed by atoms with Crippen molar-refractivity contribution in [3.63, 3.8) is 0 Å². The van der Waals surface area contributed by atoms with Crippen LogP contribution in [0.2, 0.25) is 0 Å². The molecule has 0 bridgehead atoms. The van der Waals surface area contributed by atoms with Crippen molar-refractivity contribution < 1.29 is 9.53 Å². The second kappa shape index (κ2) is 5.46. The summed E-state index contributed by atoms with van der Waals surface area (Å²) in [5, 5.41) is 0. The number of aromatic amines is 1. The highest BCUT2D eigenvalue weighted by molar-refractivity contribution is 5.68. The second-order valence-electron chi connectivity index (χ2n) is 6.56. The number of likely N-dealkylation sites (tertiary alicyclic amines) is 1. The zero-order chi connectivity index (χ0) is 14.9. The van der Waals surface area contributed by atoms with Crippen LogP contribution in [-0.4, -0.2) is 39.7 Å². The Morgan fingerprint density at radius 1 is 1.30 bits per heavy atom. The van der Waals surface area contributed by atoms with E-state index in [0.717, 1.165) is 37.4 Å². The molecule has 1 aliphatic heterocycles. The van der Waals surface area contributed by atoms with Gasteiger partial charge in [-0.3, -0.25) is 0 Å². The van der Waals surface area contributed by atoms with Crippen molar-refractivity contribution in [2.45, 2.75) is 59.0 Å². The summed E-state index contributed by atoms with van der Waals surface area (Å²) in [6, 6.07) is 0. The summed E-state index contributed by atoms with van der Waals surface area (Å²) >= 11 is 0. The number of piperidine rings is 1. The first-order valence-electron chi connectivity index (χ1n) is 7.27. The number of aryl methyl sites for hydroxylation is 2. The first-order valence-corrected chi connectivity index (χ1v) is 7.27. The van der Waals surface area contributed by atoms with Crippen LogP contribution in [-0.2, 0) is 4.74 Å². The number of hydrogen-bond acceptors (Lipinski definition) is 3. The Morgan fingerprint density at radius 2 is 1.90 bits per heavy atom. The van der Waals surface area contributed by atoms with Crippen LogP contribution in [0, 0.1) is 13.8 Å². The molecule has 1 fully saturated rings. The Kier molecular flexibility index (Phi) is 4.06. The van der Waals surface area contributed by atoms with Gasteiger partial charge in [0, 0.05) is 24.7 Å². The number of nitrogens with one attached hydrogen (secondary N) is 1. The average molecular weight is 279 g/mol. The van der Waals surface area contributed by atoms with E-state index in [1.165, 1.54) is 5.69 Å². The highest BCUT2D eigenvalue weighted by Gasteiger charge is 2.28. The number of H-pyrrole nitrogens is 1. The molecule has 1 amide bonds. The lowest BCUT2D eigenvalue weighted by Gasteiger charge is -2.33. The van der Waals surface area contributed by atoms with E-state index in [1.54, 1.807) is 4.90 Å². The van der Waals surface area contributed by atoms with Crippen LogP contribution in [0.1, 0.15) is 56.7 Å². The van der Waals surface area contributed by atoms with Crippen molar-refractivity contribution in [1.82, 2.24) is 14.9 Å². The fourth-order valence-corrected chi connectivity index (χ4v) is 2.70. The van der Waals surface area contributed by atoms with Crippen molar-refractivity contribution in [2.75, 3.05) is 13.1 Å². The molecular weight excluding hydrogens is 254 g/mol. The third kappa shape index (κ3) is 3.52. The van der Waals surface area contributed by atoms with Gasteiger partial charge in [0.1, 0.15) is 11.4 Å². The number of carbonyl (C=O) groups is 1. The second-order valence-corrected chi connectivity index (χ2v) is 6.56. The van der Waals surface area contributed by atoms with Crippen LogP contribution in [0.25, 0.3) is 0 Å². The number of aromatic nitrogens is 2. The molecule has 0 unspecified atom stereocenters. The first-order chi connectivity index (χ1) is 9.26. The molecule has 1 aliphatic rings. The van der Waals surface area contributed by atoms with E-state index < -0.39 is 5.60 Å². The standard InChI is InChI=1S/C15H25N3O2/c1-10-13(17-11(2)16-10)12-6-8-18(9-7-12)14(19)20-15(3,4)5/h12H,6-9H2,1-5H3,(H,16,17). The number of imidazole rings is 1. The molecule has 0 atom stereocenters. The quantitative estimate of drug-likeness (QED) is 0.859. The summed E-state index contributed by atoms with van der Waals surface area (Å²) in [5.74, 6) is 1.43. The largest absolute Gasteiger partial charge is 0.444 e. The van der Waals surface area contributed by atoms with Crippen molar-refractivity contribution in [3.05, 3.63) is 17.2 Å². The normalized spacial score (nSPS) is 17.4. The van der Waals surface area contributed by atoms with Crippen LogP contribution < -0.4 is 0 Å². The molecule has 1 aromatic heterocycles. The highest BCUT2D eigenvalue weighted by atomic mass is 16.6. The summed E-state index contributed by atoms with van der Waals surface area (Å²) < 4.78 is 5.41. The molecule has 0 aromatic carbocycles. The van der Waals surface area contributed by atoms with Gasteiger partial charge in [0.25, 0.3) is 0 Å². The summed E-state index contributed by atoms with van der Waals surface area (Å²) in [4.78, 5) is 21.6. The van der Waals surface area contributed by atoms with E-state index in [0.29, 0.717) is 5.92 Å². The predicted octanol–water partition coefficient (Wildman–Crippen LogP) is 3.14. The summed E-state index contributed by atoms with van der Waals surface area (Å²) in [6.07, 6.45) is 1.72. The van der Waals surface area contributed by atoms with Gasteiger partial charge in [0.05, 0.1) is 5.69 Å². The van der Waals surface area contributed by atoms with E-state index >= 15 is 0 Å². The maximum absolute atomic E-state index is 12.0. The Labute approximate surface area is 120 Å². The third-order valence-corrected chi connectivity index (χ3v) is 3.60. The molecule has 0 aliphatic carbocycles. The van der Waals surface area contributed by atoms with Gasteiger partial charge in [-0.15, -0.1) is 0 Å². The number of rotatable bonds is 1. The molecule has 0 saturated carbocycles. The van der Waals surface area contributed by atoms with E-state index in [1.807, 2.05) is 34.6 Å². The average Bonchev–Trinajstić information content (AvgIpc) is 2.66. The zero-order valence-electron chi connectivity index (χ0n) is 13.1. The Bertz CT molecular complexity index is 480. The lowest BCUT2D eigenvalue weighted by Crippen LogP contribution is -2.41. The summed E-state index contributed by atoms with van der Waals surface area (Å²) in [6.45, 7) is 11.2. The molecule has 20 heavy (non-hydrogen) atoms. The molecule has 5 heteroatoms. The molecule has 112 valence electrons. The number of nitrogens with zero attached hydrogens (tertiary/aromatic N) is 2. The lowest BCUT2D eigenvalue weighted by atomic mass is 9.93. The van der Waals surface area contributed by atoms with E-state index in [2.05, 4.69) is 9.97 Å². The van der Waals surface area contributed by atoms with E-state index in [4.69, 9.17) is 4.74 Å². The number of amides is 1. The molecular formula is C15H25N3O2. The minimum atomic E-state index is -0.426. The minimum Gasteiger partial charge on any atom is -0.444 e. The Hall–Kier alpha value is -1.52. The molecule has 1 N–H and O–H groups in total. The van der Waals surface area contributed by atoms with Gasteiger partial charge in [-0.2, -0.15) is 0 Å². The van der Waals surface area contributed by atoms with Crippen LogP contribution in [0.15, 0.2) is 0 Å². The fraction of sp³-hybridized carbons (Fsp3) is 0.733. The van der Waals surface area contributed by atoms with Crippen LogP contribution >= 0.6 is 0 Å².